The number of aromatic amines is 2. The second-order valence-corrected chi connectivity index (χ2v) is 8.03. The van der Waals surface area contributed by atoms with Crippen LogP contribution in [0.15, 0.2) is 83.6 Å². The summed E-state index contributed by atoms with van der Waals surface area (Å²) in [6.07, 6.45) is 3.56. The lowest BCUT2D eigenvalue weighted by Crippen LogP contribution is -2.19. The number of hydrogen-bond donors (Lipinski definition) is 5. The van der Waals surface area contributed by atoms with Gasteiger partial charge in [0.05, 0.1) is 11.7 Å². The lowest BCUT2D eigenvalue weighted by molar-refractivity contribution is 0.262. The van der Waals surface area contributed by atoms with Gasteiger partial charge in [-0.05, 0) is 54.6 Å². The van der Waals surface area contributed by atoms with E-state index in [1.54, 1.807) is 6.20 Å². The van der Waals surface area contributed by atoms with E-state index < -0.39 is 0 Å². The van der Waals surface area contributed by atoms with E-state index in [2.05, 4.69) is 52.3 Å². The zero-order valence-corrected chi connectivity index (χ0v) is 18.3. The van der Waals surface area contributed by atoms with E-state index >= 15 is 0 Å². The Hall–Kier alpha value is -4.11. The van der Waals surface area contributed by atoms with Crippen molar-refractivity contribution in [2.75, 3.05) is 16.0 Å². The number of fused-ring (bicyclic) bond motifs is 1. The standard InChI is InChI=1S/C23H18BrN7O/c24-15-3-1-4-16(9-15)28-23(32)29-18-6-2-5-17(10-18)27-19-7-8-20-21(11-19)30-31-22(20)14-12-25-26-13-14/h1-13,27H,(H,25,26)(H,30,31)(H2,28,29,32). The van der Waals surface area contributed by atoms with Gasteiger partial charge in [-0.2, -0.15) is 10.2 Å². The first-order valence-corrected chi connectivity index (χ1v) is 10.6. The number of nitrogens with zero attached hydrogens (tertiary/aromatic N) is 2. The highest BCUT2D eigenvalue weighted by Gasteiger charge is 2.10. The van der Waals surface area contributed by atoms with Crippen LogP contribution in [0.5, 0.6) is 0 Å². The number of amides is 2. The van der Waals surface area contributed by atoms with Crippen LogP contribution in [0.1, 0.15) is 0 Å². The van der Waals surface area contributed by atoms with Gasteiger partial charge in [0, 0.05) is 44.4 Å². The first kappa shape index (κ1) is 19.8. The van der Waals surface area contributed by atoms with Crippen molar-refractivity contribution in [3.63, 3.8) is 0 Å². The monoisotopic (exact) mass is 487 g/mol. The van der Waals surface area contributed by atoms with Gasteiger partial charge in [-0.25, -0.2) is 4.79 Å². The topological polar surface area (TPSA) is 111 Å². The number of rotatable bonds is 5. The van der Waals surface area contributed by atoms with Crippen LogP contribution in [0.3, 0.4) is 0 Å². The summed E-state index contributed by atoms with van der Waals surface area (Å²) in [7, 11) is 0. The zero-order valence-electron chi connectivity index (χ0n) is 16.7. The molecule has 0 aliphatic heterocycles. The van der Waals surface area contributed by atoms with Gasteiger partial charge < -0.3 is 16.0 Å². The average Bonchev–Trinajstić information content (AvgIpc) is 3.43. The number of hydrogen-bond acceptors (Lipinski definition) is 4. The lowest BCUT2D eigenvalue weighted by atomic mass is 10.1. The van der Waals surface area contributed by atoms with E-state index in [0.717, 1.165) is 38.0 Å². The molecule has 2 heterocycles. The molecular weight excluding hydrogens is 470 g/mol. The Morgan fingerprint density at radius 2 is 1.62 bits per heavy atom. The highest BCUT2D eigenvalue weighted by molar-refractivity contribution is 9.10. The van der Waals surface area contributed by atoms with E-state index in [4.69, 9.17) is 0 Å². The second kappa shape index (κ2) is 8.56. The summed E-state index contributed by atoms with van der Waals surface area (Å²) >= 11 is 3.40. The molecule has 2 amide bonds. The Balaban J connectivity index is 1.29. The van der Waals surface area contributed by atoms with E-state index in [1.807, 2.05) is 72.9 Å². The van der Waals surface area contributed by atoms with Crippen LogP contribution >= 0.6 is 15.9 Å². The number of anilines is 4. The highest BCUT2D eigenvalue weighted by atomic mass is 79.9. The Kier molecular flexibility index (Phi) is 5.30. The number of aromatic nitrogens is 4. The predicted octanol–water partition coefficient (Wildman–Crippen LogP) is 6.10. The van der Waals surface area contributed by atoms with Crippen LogP contribution in [0.25, 0.3) is 22.2 Å². The van der Waals surface area contributed by atoms with Gasteiger partial charge in [-0.1, -0.05) is 28.1 Å². The molecule has 158 valence electrons. The molecule has 3 aromatic carbocycles. The molecule has 8 nitrogen and oxygen atoms in total. The van der Waals surface area contributed by atoms with E-state index in [-0.39, 0.29) is 6.03 Å². The van der Waals surface area contributed by atoms with Crippen molar-refractivity contribution < 1.29 is 4.79 Å². The van der Waals surface area contributed by atoms with Crippen molar-refractivity contribution in [2.45, 2.75) is 0 Å². The number of H-pyrrole nitrogens is 2. The van der Waals surface area contributed by atoms with Gasteiger partial charge in [-0.15, -0.1) is 0 Å². The summed E-state index contributed by atoms with van der Waals surface area (Å²) < 4.78 is 0.896. The molecule has 0 atom stereocenters. The van der Waals surface area contributed by atoms with Crippen LogP contribution in [0.2, 0.25) is 0 Å². The van der Waals surface area contributed by atoms with Crippen molar-refractivity contribution in [1.29, 1.82) is 0 Å². The molecule has 5 N–H and O–H groups in total. The van der Waals surface area contributed by atoms with Gasteiger partial charge in [0.1, 0.15) is 5.69 Å². The first-order valence-electron chi connectivity index (χ1n) is 9.82. The fraction of sp³-hybridized carbons (Fsp3) is 0. The molecule has 0 bridgehead atoms. The summed E-state index contributed by atoms with van der Waals surface area (Å²) in [6, 6.07) is 20.6. The SMILES string of the molecule is O=C(Nc1cccc(Br)c1)Nc1cccc(Nc2ccc3c(-c4cn[nH]c4)n[nH]c3c2)c1. The molecule has 0 aliphatic rings. The molecule has 0 spiro atoms. The maximum atomic E-state index is 12.3. The van der Waals surface area contributed by atoms with Gasteiger partial charge in [-0.3, -0.25) is 10.2 Å². The molecule has 32 heavy (non-hydrogen) atoms. The fourth-order valence-electron chi connectivity index (χ4n) is 3.40. The molecule has 0 unspecified atom stereocenters. The zero-order chi connectivity index (χ0) is 21.9. The summed E-state index contributed by atoms with van der Waals surface area (Å²) in [5, 5.41) is 24.3. The van der Waals surface area contributed by atoms with Crippen molar-refractivity contribution >= 4 is 55.6 Å². The van der Waals surface area contributed by atoms with E-state index in [0.29, 0.717) is 11.4 Å². The normalized spacial score (nSPS) is 10.8. The number of halogens is 1. The third-order valence-corrected chi connectivity index (χ3v) is 5.32. The van der Waals surface area contributed by atoms with Crippen molar-refractivity contribution in [1.82, 2.24) is 20.4 Å². The Bertz CT molecular complexity index is 1390. The molecule has 0 aliphatic carbocycles. The Morgan fingerprint density at radius 1 is 0.875 bits per heavy atom. The predicted molar refractivity (Wildman–Crippen MR) is 130 cm³/mol. The minimum Gasteiger partial charge on any atom is -0.355 e. The van der Waals surface area contributed by atoms with Crippen molar-refractivity contribution in [3.8, 4) is 11.3 Å². The lowest BCUT2D eigenvalue weighted by Gasteiger charge is -2.11. The van der Waals surface area contributed by atoms with Crippen LogP contribution in [-0.2, 0) is 0 Å². The average molecular weight is 488 g/mol. The van der Waals surface area contributed by atoms with E-state index in [9.17, 15) is 4.79 Å². The molecule has 9 heteroatoms. The molecule has 2 aromatic heterocycles. The molecule has 5 aromatic rings. The number of carbonyl (C=O) groups excluding carboxylic acids is 1. The number of benzene rings is 3. The molecule has 0 saturated heterocycles. The quantitative estimate of drug-likeness (QED) is 0.206. The smallest absolute Gasteiger partial charge is 0.323 e. The van der Waals surface area contributed by atoms with Crippen molar-refractivity contribution in [2.24, 2.45) is 0 Å². The summed E-state index contributed by atoms with van der Waals surface area (Å²) in [5.41, 5.74) is 5.81. The van der Waals surface area contributed by atoms with Crippen molar-refractivity contribution in [3.05, 3.63) is 83.6 Å². The molecule has 5 rings (SSSR count). The number of urea groups is 1. The molecule has 0 fully saturated rings. The third-order valence-electron chi connectivity index (χ3n) is 4.83. The van der Waals surface area contributed by atoms with Gasteiger partial charge in [0.15, 0.2) is 0 Å². The van der Waals surface area contributed by atoms with Gasteiger partial charge >= 0.3 is 6.03 Å². The summed E-state index contributed by atoms with van der Waals surface area (Å²) in [6.45, 7) is 0. The minimum atomic E-state index is -0.314. The van der Waals surface area contributed by atoms with Gasteiger partial charge in [0.25, 0.3) is 0 Å². The first-order chi connectivity index (χ1) is 15.6. The van der Waals surface area contributed by atoms with Crippen LogP contribution in [-0.4, -0.2) is 26.4 Å². The second-order valence-electron chi connectivity index (χ2n) is 7.11. The number of carbonyl (C=O) groups is 1. The van der Waals surface area contributed by atoms with E-state index in [1.165, 1.54) is 0 Å². The number of nitrogens with one attached hydrogen (secondary N) is 5. The maximum absolute atomic E-state index is 12.3. The summed E-state index contributed by atoms with van der Waals surface area (Å²) in [4.78, 5) is 12.3. The minimum absolute atomic E-state index is 0.314. The van der Waals surface area contributed by atoms with Crippen LogP contribution < -0.4 is 16.0 Å². The maximum Gasteiger partial charge on any atom is 0.323 e. The Morgan fingerprint density at radius 3 is 2.41 bits per heavy atom. The summed E-state index contributed by atoms with van der Waals surface area (Å²) in [5.74, 6) is 0. The largest absolute Gasteiger partial charge is 0.355 e. The van der Waals surface area contributed by atoms with Crippen LogP contribution in [0, 0.1) is 0 Å². The van der Waals surface area contributed by atoms with Gasteiger partial charge in [0.2, 0.25) is 0 Å². The third kappa shape index (κ3) is 4.33. The molecule has 0 saturated carbocycles. The molecule has 0 radical (unpaired) electrons. The Labute approximate surface area is 191 Å². The van der Waals surface area contributed by atoms with Crippen LogP contribution in [0.4, 0.5) is 27.5 Å². The molecular formula is C23H18BrN7O. The highest BCUT2D eigenvalue weighted by Crippen LogP contribution is 2.29. The fourth-order valence-corrected chi connectivity index (χ4v) is 3.80.